The summed E-state index contributed by atoms with van der Waals surface area (Å²) in [4.78, 5) is 12.7. The number of rotatable bonds is 7. The summed E-state index contributed by atoms with van der Waals surface area (Å²) in [6.07, 6.45) is 0. The predicted molar refractivity (Wildman–Crippen MR) is 123 cm³/mol. The lowest BCUT2D eigenvalue weighted by atomic mass is 10.3. The quantitative estimate of drug-likeness (QED) is 0.393. The molecule has 4 rings (SSSR count). The van der Waals surface area contributed by atoms with Crippen LogP contribution in [0, 0.1) is 6.92 Å². The monoisotopic (exact) mass is 430 g/mol. The zero-order valence-electron chi connectivity index (χ0n) is 17.2. The molecule has 1 unspecified atom stereocenters. The lowest BCUT2D eigenvalue weighted by Crippen LogP contribution is -2.22. The van der Waals surface area contributed by atoms with Crippen LogP contribution in [-0.2, 0) is 4.79 Å². The highest BCUT2D eigenvalue weighted by molar-refractivity contribution is 8.00. The fraction of sp³-hybridized carbons (Fsp3) is 0.125. The molecular weight excluding hydrogens is 408 g/mol. The van der Waals surface area contributed by atoms with E-state index in [0.717, 1.165) is 17.3 Å². The average Bonchev–Trinajstić information content (AvgIpc) is 3.16. The number of anilines is 1. The van der Waals surface area contributed by atoms with E-state index in [1.807, 2.05) is 103 Å². The van der Waals surface area contributed by atoms with E-state index in [9.17, 15) is 4.79 Å². The molecule has 1 amide bonds. The maximum absolute atomic E-state index is 12.7. The van der Waals surface area contributed by atoms with Crippen LogP contribution < -0.4 is 10.1 Å². The Morgan fingerprint density at radius 1 is 0.903 bits per heavy atom. The molecule has 0 saturated heterocycles. The van der Waals surface area contributed by atoms with Gasteiger partial charge in [-0.25, -0.2) is 0 Å². The van der Waals surface area contributed by atoms with Crippen molar-refractivity contribution in [2.24, 2.45) is 0 Å². The largest absolute Gasteiger partial charge is 0.457 e. The van der Waals surface area contributed by atoms with Gasteiger partial charge < -0.3 is 10.1 Å². The minimum atomic E-state index is -0.355. The first kappa shape index (κ1) is 20.7. The van der Waals surface area contributed by atoms with Crippen LogP contribution >= 0.6 is 11.8 Å². The molecule has 6 nitrogen and oxygen atoms in total. The minimum Gasteiger partial charge on any atom is -0.457 e. The van der Waals surface area contributed by atoms with Crippen LogP contribution in [0.2, 0.25) is 0 Å². The summed E-state index contributed by atoms with van der Waals surface area (Å²) >= 11 is 1.37. The summed E-state index contributed by atoms with van der Waals surface area (Å²) in [6.45, 7) is 3.75. The van der Waals surface area contributed by atoms with E-state index in [0.29, 0.717) is 16.6 Å². The van der Waals surface area contributed by atoms with Crippen molar-refractivity contribution in [3.05, 3.63) is 90.8 Å². The van der Waals surface area contributed by atoms with E-state index in [1.54, 1.807) is 0 Å². The molecule has 31 heavy (non-hydrogen) atoms. The van der Waals surface area contributed by atoms with Crippen LogP contribution in [0.4, 0.5) is 5.69 Å². The zero-order valence-corrected chi connectivity index (χ0v) is 18.0. The summed E-state index contributed by atoms with van der Waals surface area (Å²) in [7, 11) is 0. The number of hydrogen-bond donors (Lipinski definition) is 1. The van der Waals surface area contributed by atoms with Crippen molar-refractivity contribution >= 4 is 23.4 Å². The first-order valence-corrected chi connectivity index (χ1v) is 10.8. The highest BCUT2D eigenvalue weighted by Crippen LogP contribution is 2.27. The van der Waals surface area contributed by atoms with Gasteiger partial charge in [0, 0.05) is 11.4 Å². The number of carbonyl (C=O) groups is 1. The number of amides is 1. The third-order valence-electron chi connectivity index (χ3n) is 4.56. The van der Waals surface area contributed by atoms with Gasteiger partial charge >= 0.3 is 0 Å². The lowest BCUT2D eigenvalue weighted by molar-refractivity contribution is -0.115. The summed E-state index contributed by atoms with van der Waals surface area (Å²) < 4.78 is 7.74. The first-order valence-electron chi connectivity index (χ1n) is 9.88. The van der Waals surface area contributed by atoms with Gasteiger partial charge in [-0.3, -0.25) is 9.36 Å². The summed E-state index contributed by atoms with van der Waals surface area (Å²) in [5.41, 5.74) is 1.67. The van der Waals surface area contributed by atoms with Crippen molar-refractivity contribution < 1.29 is 9.53 Å². The first-order chi connectivity index (χ1) is 15.1. The highest BCUT2D eigenvalue weighted by atomic mass is 32.2. The summed E-state index contributed by atoms with van der Waals surface area (Å²) in [5, 5.41) is 11.7. The number of para-hydroxylation sites is 2. The predicted octanol–water partition coefficient (Wildman–Crippen LogP) is 5.49. The molecule has 0 radical (unpaired) electrons. The molecule has 7 heteroatoms. The number of benzene rings is 3. The molecular formula is C24H22N4O2S. The van der Waals surface area contributed by atoms with Crippen molar-refractivity contribution in [3.8, 4) is 17.2 Å². The van der Waals surface area contributed by atoms with Crippen LogP contribution in [0.1, 0.15) is 12.7 Å². The summed E-state index contributed by atoms with van der Waals surface area (Å²) in [6, 6.07) is 26.7. The van der Waals surface area contributed by atoms with Crippen molar-refractivity contribution in [3.63, 3.8) is 0 Å². The third kappa shape index (κ3) is 5.13. The maximum Gasteiger partial charge on any atom is 0.237 e. The third-order valence-corrected chi connectivity index (χ3v) is 5.60. The van der Waals surface area contributed by atoms with Gasteiger partial charge in [0.15, 0.2) is 5.16 Å². The number of nitrogens with one attached hydrogen (secondary N) is 1. The lowest BCUT2D eigenvalue weighted by Gasteiger charge is -2.13. The normalized spacial score (nSPS) is 11.7. The number of hydrogen-bond acceptors (Lipinski definition) is 5. The minimum absolute atomic E-state index is 0.109. The van der Waals surface area contributed by atoms with Crippen molar-refractivity contribution in [2.75, 3.05) is 5.32 Å². The Bertz CT molecular complexity index is 1150. The molecule has 3 aromatic carbocycles. The van der Waals surface area contributed by atoms with E-state index in [2.05, 4.69) is 15.5 Å². The van der Waals surface area contributed by atoms with Gasteiger partial charge in [0.25, 0.3) is 0 Å². The molecule has 0 spiro atoms. The second kappa shape index (κ2) is 9.49. The Morgan fingerprint density at radius 3 is 2.19 bits per heavy atom. The SMILES string of the molecule is Cc1nnc(SC(C)C(=O)Nc2ccc(Oc3ccccc3)cc2)n1-c1ccccc1. The fourth-order valence-electron chi connectivity index (χ4n) is 2.98. The molecule has 0 aliphatic heterocycles. The van der Waals surface area contributed by atoms with Crippen molar-refractivity contribution in [1.82, 2.24) is 14.8 Å². The topological polar surface area (TPSA) is 69.0 Å². The molecule has 0 aliphatic carbocycles. The smallest absolute Gasteiger partial charge is 0.237 e. The van der Waals surface area contributed by atoms with Gasteiger partial charge in [0.1, 0.15) is 17.3 Å². The molecule has 156 valence electrons. The molecule has 0 saturated carbocycles. The Labute approximate surface area is 185 Å². The van der Waals surface area contributed by atoms with E-state index in [4.69, 9.17) is 4.74 Å². The molecule has 0 fully saturated rings. The Balaban J connectivity index is 1.39. The van der Waals surface area contributed by atoms with Crippen molar-refractivity contribution in [2.45, 2.75) is 24.3 Å². The van der Waals surface area contributed by atoms with Gasteiger partial charge in [-0.15, -0.1) is 10.2 Å². The number of aryl methyl sites for hydroxylation is 1. The Morgan fingerprint density at radius 2 is 1.52 bits per heavy atom. The summed E-state index contributed by atoms with van der Waals surface area (Å²) in [5.74, 6) is 2.14. The molecule has 0 aliphatic rings. The molecule has 0 bridgehead atoms. The van der Waals surface area contributed by atoms with Gasteiger partial charge in [0.05, 0.1) is 5.25 Å². The van der Waals surface area contributed by atoms with Gasteiger partial charge in [-0.1, -0.05) is 48.2 Å². The highest BCUT2D eigenvalue weighted by Gasteiger charge is 2.20. The Hall–Kier alpha value is -3.58. The average molecular weight is 431 g/mol. The van der Waals surface area contributed by atoms with E-state index in [1.165, 1.54) is 11.8 Å². The molecule has 1 aromatic heterocycles. The number of thioether (sulfide) groups is 1. The van der Waals surface area contributed by atoms with E-state index >= 15 is 0 Å². The standard InChI is InChI=1S/C24H22N4O2S/c1-17(31-24-27-26-18(2)28(24)20-9-5-3-6-10-20)23(29)25-19-13-15-22(16-14-19)30-21-11-7-4-8-12-21/h3-17H,1-2H3,(H,25,29). The fourth-order valence-corrected chi connectivity index (χ4v) is 3.89. The molecule has 1 atom stereocenters. The molecule has 1 N–H and O–H groups in total. The number of nitrogens with zero attached hydrogens (tertiary/aromatic N) is 3. The number of aromatic nitrogens is 3. The Kier molecular flexibility index (Phi) is 6.33. The van der Waals surface area contributed by atoms with Crippen LogP contribution in [0.5, 0.6) is 11.5 Å². The van der Waals surface area contributed by atoms with Gasteiger partial charge in [-0.05, 0) is 62.4 Å². The van der Waals surface area contributed by atoms with Crippen LogP contribution in [0.15, 0.2) is 90.1 Å². The van der Waals surface area contributed by atoms with Crippen molar-refractivity contribution in [1.29, 1.82) is 0 Å². The van der Waals surface area contributed by atoms with Gasteiger partial charge in [0.2, 0.25) is 5.91 Å². The van der Waals surface area contributed by atoms with Gasteiger partial charge in [-0.2, -0.15) is 0 Å². The second-order valence-electron chi connectivity index (χ2n) is 6.89. The van der Waals surface area contributed by atoms with Crippen LogP contribution in [-0.4, -0.2) is 25.9 Å². The molecule has 1 heterocycles. The van der Waals surface area contributed by atoms with E-state index in [-0.39, 0.29) is 11.2 Å². The van der Waals surface area contributed by atoms with Crippen LogP contribution in [0.25, 0.3) is 5.69 Å². The maximum atomic E-state index is 12.7. The van der Waals surface area contributed by atoms with Crippen LogP contribution in [0.3, 0.4) is 0 Å². The number of carbonyl (C=O) groups excluding carboxylic acids is 1. The molecule has 4 aromatic rings. The number of ether oxygens (including phenoxy) is 1. The van der Waals surface area contributed by atoms with E-state index < -0.39 is 0 Å². The second-order valence-corrected chi connectivity index (χ2v) is 8.20. The zero-order chi connectivity index (χ0) is 21.6.